The van der Waals surface area contributed by atoms with E-state index in [-0.39, 0.29) is 17.9 Å². The highest BCUT2D eigenvalue weighted by Crippen LogP contribution is 2.47. The molecule has 2 aliphatic rings. The molecule has 0 heterocycles. The molecule has 0 bridgehead atoms. The zero-order valence-corrected chi connectivity index (χ0v) is 13.8. The summed E-state index contributed by atoms with van der Waals surface area (Å²) in [6.45, 7) is 0. The highest BCUT2D eigenvalue weighted by atomic mass is 16.2. The number of carbonyl (C=O) groups excluding carboxylic acids is 2. The van der Waals surface area contributed by atoms with Crippen molar-refractivity contribution in [1.82, 2.24) is 5.32 Å². The predicted molar refractivity (Wildman–Crippen MR) is 91.1 cm³/mol. The Morgan fingerprint density at radius 2 is 1.71 bits per heavy atom. The summed E-state index contributed by atoms with van der Waals surface area (Å²) in [5, 5.41) is 15.0. The molecular weight excluding hydrogens is 302 g/mol. The highest BCUT2D eigenvalue weighted by molar-refractivity contribution is 6.13. The number of carbonyl (C=O) groups is 2. The van der Waals surface area contributed by atoms with Gasteiger partial charge in [-0.15, -0.1) is 0 Å². The van der Waals surface area contributed by atoms with Gasteiger partial charge in [-0.3, -0.25) is 9.59 Å². The van der Waals surface area contributed by atoms with E-state index in [9.17, 15) is 9.59 Å². The van der Waals surface area contributed by atoms with Gasteiger partial charge in [-0.25, -0.2) is 0 Å². The highest BCUT2D eigenvalue weighted by Gasteiger charge is 2.56. The van der Waals surface area contributed by atoms with Gasteiger partial charge in [0, 0.05) is 6.04 Å². The molecule has 0 saturated heterocycles. The Balaban J connectivity index is 1.65. The molecule has 2 aliphatic carbocycles. The van der Waals surface area contributed by atoms with Crippen LogP contribution in [-0.4, -0.2) is 17.9 Å². The number of hydrogen-bond acceptors (Lipinski definition) is 3. The third-order valence-corrected chi connectivity index (χ3v) is 5.11. The number of nitrogens with one attached hydrogen (secondary N) is 2. The molecule has 126 valence electrons. The minimum atomic E-state index is -0.950. The normalized spacial score (nSPS) is 19.6. The number of nitriles is 1. The number of rotatable bonds is 4. The minimum absolute atomic E-state index is 0.152. The van der Waals surface area contributed by atoms with Gasteiger partial charge in [0.1, 0.15) is 11.5 Å². The number of nitrogens with zero attached hydrogens (tertiary/aromatic N) is 1. The van der Waals surface area contributed by atoms with Gasteiger partial charge in [0.05, 0.1) is 11.3 Å². The van der Waals surface area contributed by atoms with Crippen LogP contribution >= 0.6 is 0 Å². The standard InChI is InChI=1S/C19H23N3O2/c20-13-14-7-5-6-10-16(14)22-18(24)19(11-12-19)17(23)21-15-8-3-1-2-4-9-15/h5-7,10,15H,1-4,8-9,11-12H2,(H,21,23)(H,22,24). The van der Waals surface area contributed by atoms with Crippen molar-refractivity contribution in [2.24, 2.45) is 5.41 Å². The lowest BCUT2D eigenvalue weighted by Crippen LogP contribution is -2.44. The van der Waals surface area contributed by atoms with Gasteiger partial charge in [-0.1, -0.05) is 37.8 Å². The molecule has 2 N–H and O–H groups in total. The Morgan fingerprint density at radius 3 is 2.33 bits per heavy atom. The maximum absolute atomic E-state index is 12.7. The summed E-state index contributed by atoms with van der Waals surface area (Å²) in [6, 6.07) is 9.11. The second-order valence-electron chi connectivity index (χ2n) is 6.86. The number of amides is 2. The summed E-state index contributed by atoms with van der Waals surface area (Å²) in [6.07, 6.45) is 7.88. The second kappa shape index (κ2) is 7.04. The lowest BCUT2D eigenvalue weighted by atomic mass is 10.0. The van der Waals surface area contributed by atoms with E-state index in [1.807, 2.05) is 0 Å². The van der Waals surface area contributed by atoms with Crippen LogP contribution in [0.3, 0.4) is 0 Å². The number of para-hydroxylation sites is 1. The SMILES string of the molecule is N#Cc1ccccc1NC(=O)C1(C(=O)NC2CCCCCC2)CC1. The van der Waals surface area contributed by atoms with Crippen molar-refractivity contribution < 1.29 is 9.59 Å². The largest absolute Gasteiger partial charge is 0.352 e. The van der Waals surface area contributed by atoms with E-state index in [1.54, 1.807) is 24.3 Å². The summed E-state index contributed by atoms with van der Waals surface area (Å²) < 4.78 is 0. The Kier molecular flexibility index (Phi) is 4.84. The van der Waals surface area contributed by atoms with Crippen LogP contribution in [0.15, 0.2) is 24.3 Å². The second-order valence-corrected chi connectivity index (χ2v) is 6.86. The monoisotopic (exact) mass is 325 g/mol. The van der Waals surface area contributed by atoms with Gasteiger partial charge in [0.25, 0.3) is 0 Å². The van der Waals surface area contributed by atoms with Crippen LogP contribution in [0.2, 0.25) is 0 Å². The number of anilines is 1. The molecule has 0 radical (unpaired) electrons. The molecule has 24 heavy (non-hydrogen) atoms. The van der Waals surface area contributed by atoms with Gasteiger partial charge in [0.2, 0.25) is 11.8 Å². The van der Waals surface area contributed by atoms with Gasteiger partial charge in [0.15, 0.2) is 0 Å². The molecule has 0 aliphatic heterocycles. The number of hydrogen-bond donors (Lipinski definition) is 2. The number of benzene rings is 1. The molecule has 2 amide bonds. The molecule has 0 unspecified atom stereocenters. The summed E-state index contributed by atoms with van der Waals surface area (Å²) in [5.41, 5.74) is -0.0705. The summed E-state index contributed by atoms with van der Waals surface area (Å²) >= 11 is 0. The van der Waals surface area contributed by atoms with Crippen LogP contribution in [-0.2, 0) is 9.59 Å². The van der Waals surface area contributed by atoms with Gasteiger partial charge in [-0.05, 0) is 37.8 Å². The maximum Gasteiger partial charge on any atom is 0.240 e. The first kappa shape index (κ1) is 16.5. The fraction of sp³-hybridized carbons (Fsp3) is 0.526. The van der Waals surface area contributed by atoms with E-state index >= 15 is 0 Å². The molecule has 1 aromatic rings. The smallest absolute Gasteiger partial charge is 0.240 e. The Hall–Kier alpha value is -2.35. The van der Waals surface area contributed by atoms with Crippen LogP contribution < -0.4 is 10.6 Å². The molecule has 5 heteroatoms. The summed E-state index contributed by atoms with van der Waals surface area (Å²) in [5.74, 6) is -0.447. The molecule has 3 rings (SSSR count). The molecule has 5 nitrogen and oxygen atoms in total. The average molecular weight is 325 g/mol. The van der Waals surface area contributed by atoms with Crippen LogP contribution in [0, 0.1) is 16.7 Å². The van der Waals surface area contributed by atoms with E-state index < -0.39 is 5.41 Å². The Labute approximate surface area is 142 Å². The zero-order chi connectivity index (χ0) is 17.0. The van der Waals surface area contributed by atoms with Crippen molar-refractivity contribution in [3.63, 3.8) is 0 Å². The van der Waals surface area contributed by atoms with Gasteiger partial charge < -0.3 is 10.6 Å². The lowest BCUT2D eigenvalue weighted by molar-refractivity contribution is -0.134. The van der Waals surface area contributed by atoms with Crippen LogP contribution in [0.1, 0.15) is 56.9 Å². The Bertz CT molecular complexity index is 665. The first-order valence-corrected chi connectivity index (χ1v) is 8.77. The van der Waals surface area contributed by atoms with Crippen LogP contribution in [0.5, 0.6) is 0 Å². The molecule has 0 atom stereocenters. The first-order valence-electron chi connectivity index (χ1n) is 8.77. The zero-order valence-electron chi connectivity index (χ0n) is 13.8. The minimum Gasteiger partial charge on any atom is -0.352 e. The van der Waals surface area contributed by atoms with E-state index in [1.165, 1.54) is 12.8 Å². The van der Waals surface area contributed by atoms with Gasteiger partial charge >= 0.3 is 0 Å². The predicted octanol–water partition coefficient (Wildman–Crippen LogP) is 3.12. The van der Waals surface area contributed by atoms with Crippen LogP contribution in [0.4, 0.5) is 5.69 Å². The van der Waals surface area contributed by atoms with Crippen molar-refractivity contribution in [1.29, 1.82) is 5.26 Å². The van der Waals surface area contributed by atoms with Gasteiger partial charge in [-0.2, -0.15) is 5.26 Å². The third kappa shape index (κ3) is 3.43. The van der Waals surface area contributed by atoms with Crippen molar-refractivity contribution >= 4 is 17.5 Å². The molecule has 1 aromatic carbocycles. The van der Waals surface area contributed by atoms with E-state index in [2.05, 4.69) is 16.7 Å². The fourth-order valence-electron chi connectivity index (χ4n) is 3.36. The average Bonchev–Trinajstić information content (AvgIpc) is 3.41. The lowest BCUT2D eigenvalue weighted by Gasteiger charge is -2.21. The topological polar surface area (TPSA) is 82.0 Å². The summed E-state index contributed by atoms with van der Waals surface area (Å²) in [4.78, 5) is 25.3. The van der Waals surface area contributed by atoms with Crippen molar-refractivity contribution in [3.8, 4) is 6.07 Å². The maximum atomic E-state index is 12.7. The van der Waals surface area contributed by atoms with E-state index in [0.717, 1.165) is 25.7 Å². The summed E-state index contributed by atoms with van der Waals surface area (Å²) in [7, 11) is 0. The molecule has 0 spiro atoms. The van der Waals surface area contributed by atoms with Crippen LogP contribution in [0.25, 0.3) is 0 Å². The first-order chi connectivity index (χ1) is 11.7. The third-order valence-electron chi connectivity index (χ3n) is 5.11. The van der Waals surface area contributed by atoms with E-state index in [4.69, 9.17) is 5.26 Å². The van der Waals surface area contributed by atoms with Crippen molar-refractivity contribution in [2.45, 2.75) is 57.4 Å². The fourth-order valence-corrected chi connectivity index (χ4v) is 3.36. The molecular formula is C19H23N3O2. The van der Waals surface area contributed by atoms with Crippen molar-refractivity contribution in [3.05, 3.63) is 29.8 Å². The van der Waals surface area contributed by atoms with E-state index in [0.29, 0.717) is 24.1 Å². The molecule has 2 saturated carbocycles. The Morgan fingerprint density at radius 1 is 1.04 bits per heavy atom. The quantitative estimate of drug-likeness (QED) is 0.659. The van der Waals surface area contributed by atoms with Crippen molar-refractivity contribution in [2.75, 3.05) is 5.32 Å². The molecule has 2 fully saturated rings. The molecule has 0 aromatic heterocycles.